The van der Waals surface area contributed by atoms with Gasteiger partial charge in [0.05, 0.1) is 12.6 Å². The molecule has 2 aromatic heterocycles. The summed E-state index contributed by atoms with van der Waals surface area (Å²) in [5.74, 6) is 1.36. The molecule has 0 aromatic carbocycles. The van der Waals surface area contributed by atoms with Crippen LogP contribution in [0.3, 0.4) is 0 Å². The van der Waals surface area contributed by atoms with E-state index in [4.69, 9.17) is 10.2 Å². The SMILES string of the molecule is CC(CCc1ccco1)Nc1nc[nH]c(=O)c1N. The molecule has 6 heteroatoms. The van der Waals surface area contributed by atoms with E-state index in [0.717, 1.165) is 18.6 Å². The lowest BCUT2D eigenvalue weighted by Gasteiger charge is -2.14. The van der Waals surface area contributed by atoms with E-state index in [1.54, 1.807) is 6.26 Å². The number of furan rings is 1. The van der Waals surface area contributed by atoms with Gasteiger partial charge in [-0.3, -0.25) is 4.79 Å². The molecule has 2 rings (SSSR count). The van der Waals surface area contributed by atoms with E-state index in [1.807, 2.05) is 19.1 Å². The summed E-state index contributed by atoms with van der Waals surface area (Å²) < 4.78 is 5.25. The van der Waals surface area contributed by atoms with E-state index in [2.05, 4.69) is 15.3 Å². The third-order valence-corrected chi connectivity index (χ3v) is 2.68. The Morgan fingerprint density at radius 2 is 2.44 bits per heavy atom. The van der Waals surface area contributed by atoms with E-state index in [-0.39, 0.29) is 17.3 Å². The summed E-state index contributed by atoms with van der Waals surface area (Å²) in [7, 11) is 0. The first-order chi connectivity index (χ1) is 8.66. The first kappa shape index (κ1) is 12.2. The van der Waals surface area contributed by atoms with Crippen LogP contribution in [-0.4, -0.2) is 16.0 Å². The summed E-state index contributed by atoms with van der Waals surface area (Å²) in [4.78, 5) is 17.7. The van der Waals surface area contributed by atoms with E-state index >= 15 is 0 Å². The fraction of sp³-hybridized carbons (Fsp3) is 0.333. The molecule has 0 aliphatic heterocycles. The first-order valence-corrected chi connectivity index (χ1v) is 5.79. The van der Waals surface area contributed by atoms with Crippen LogP contribution in [-0.2, 0) is 6.42 Å². The van der Waals surface area contributed by atoms with Crippen molar-refractivity contribution in [1.82, 2.24) is 9.97 Å². The Morgan fingerprint density at radius 1 is 1.61 bits per heavy atom. The Hall–Kier alpha value is -2.24. The molecule has 0 aliphatic rings. The summed E-state index contributed by atoms with van der Waals surface area (Å²) in [5.41, 5.74) is 5.42. The van der Waals surface area contributed by atoms with Crippen LogP contribution in [0.25, 0.3) is 0 Å². The lowest BCUT2D eigenvalue weighted by atomic mass is 10.1. The monoisotopic (exact) mass is 248 g/mol. The van der Waals surface area contributed by atoms with Crippen molar-refractivity contribution in [3.8, 4) is 0 Å². The maximum absolute atomic E-state index is 11.3. The number of hydrogen-bond donors (Lipinski definition) is 3. The zero-order valence-electron chi connectivity index (χ0n) is 10.1. The van der Waals surface area contributed by atoms with Crippen molar-refractivity contribution in [2.75, 3.05) is 11.1 Å². The molecular weight excluding hydrogens is 232 g/mol. The van der Waals surface area contributed by atoms with Crippen molar-refractivity contribution >= 4 is 11.5 Å². The van der Waals surface area contributed by atoms with Gasteiger partial charge in [-0.25, -0.2) is 4.98 Å². The van der Waals surface area contributed by atoms with Gasteiger partial charge in [0.1, 0.15) is 11.4 Å². The van der Waals surface area contributed by atoms with Gasteiger partial charge in [0, 0.05) is 12.5 Å². The predicted octanol–water partition coefficient (Wildman–Crippen LogP) is 1.38. The Morgan fingerprint density at radius 3 is 3.17 bits per heavy atom. The zero-order chi connectivity index (χ0) is 13.0. The van der Waals surface area contributed by atoms with Gasteiger partial charge in [-0.1, -0.05) is 0 Å². The second-order valence-electron chi connectivity index (χ2n) is 4.16. The average molecular weight is 248 g/mol. The van der Waals surface area contributed by atoms with Crippen LogP contribution in [0.5, 0.6) is 0 Å². The summed E-state index contributed by atoms with van der Waals surface area (Å²) in [6, 6.07) is 3.95. The number of nitrogen functional groups attached to an aromatic ring is 1. The maximum atomic E-state index is 11.3. The predicted molar refractivity (Wildman–Crippen MR) is 69.4 cm³/mol. The largest absolute Gasteiger partial charge is 0.469 e. The Kier molecular flexibility index (Phi) is 3.66. The van der Waals surface area contributed by atoms with E-state index in [0.29, 0.717) is 5.82 Å². The fourth-order valence-electron chi connectivity index (χ4n) is 1.64. The number of aromatic amines is 1. The molecule has 6 nitrogen and oxygen atoms in total. The van der Waals surface area contributed by atoms with Crippen molar-refractivity contribution in [3.63, 3.8) is 0 Å². The van der Waals surface area contributed by atoms with E-state index in [9.17, 15) is 4.79 Å². The number of nitrogens with one attached hydrogen (secondary N) is 2. The topological polar surface area (TPSA) is 96.9 Å². The minimum Gasteiger partial charge on any atom is -0.469 e. The normalized spacial score (nSPS) is 12.3. The standard InChI is InChI=1S/C12H16N4O2/c1-8(4-5-9-3-2-6-18-9)16-11-10(13)12(17)15-7-14-11/h2-3,6-8H,4-5,13H2,1H3,(H2,14,15,16,17). The van der Waals surface area contributed by atoms with Gasteiger partial charge in [-0.2, -0.15) is 0 Å². The highest BCUT2D eigenvalue weighted by molar-refractivity contribution is 5.59. The molecule has 4 N–H and O–H groups in total. The van der Waals surface area contributed by atoms with Gasteiger partial charge in [0.25, 0.3) is 5.56 Å². The summed E-state index contributed by atoms with van der Waals surface area (Å²) in [6.07, 6.45) is 4.68. The highest BCUT2D eigenvalue weighted by Crippen LogP contribution is 2.12. The molecule has 0 aliphatic carbocycles. The number of aryl methyl sites for hydroxylation is 1. The smallest absolute Gasteiger partial charge is 0.276 e. The maximum Gasteiger partial charge on any atom is 0.276 e. The molecule has 1 atom stereocenters. The molecule has 0 saturated heterocycles. The molecule has 0 amide bonds. The van der Waals surface area contributed by atoms with Gasteiger partial charge in [-0.15, -0.1) is 0 Å². The zero-order valence-corrected chi connectivity index (χ0v) is 10.1. The number of H-pyrrole nitrogens is 1. The number of nitrogens with zero attached hydrogens (tertiary/aromatic N) is 1. The quantitative estimate of drug-likeness (QED) is 0.742. The summed E-state index contributed by atoms with van der Waals surface area (Å²) >= 11 is 0. The van der Waals surface area contributed by atoms with Crippen molar-refractivity contribution in [1.29, 1.82) is 0 Å². The second kappa shape index (κ2) is 5.39. The van der Waals surface area contributed by atoms with Gasteiger partial charge in [-0.05, 0) is 25.5 Å². The van der Waals surface area contributed by atoms with Crippen LogP contribution < -0.4 is 16.6 Å². The summed E-state index contributed by atoms with van der Waals surface area (Å²) in [5, 5.41) is 3.12. The van der Waals surface area contributed by atoms with E-state index < -0.39 is 0 Å². The third kappa shape index (κ3) is 2.91. The molecular formula is C12H16N4O2. The van der Waals surface area contributed by atoms with Gasteiger partial charge < -0.3 is 20.5 Å². The molecule has 0 spiro atoms. The number of rotatable bonds is 5. The molecule has 0 bridgehead atoms. The molecule has 1 unspecified atom stereocenters. The average Bonchev–Trinajstić information content (AvgIpc) is 2.86. The van der Waals surface area contributed by atoms with Crippen LogP contribution in [0.4, 0.5) is 11.5 Å². The highest BCUT2D eigenvalue weighted by Gasteiger charge is 2.09. The number of hydrogen-bond acceptors (Lipinski definition) is 5. The second-order valence-corrected chi connectivity index (χ2v) is 4.16. The third-order valence-electron chi connectivity index (χ3n) is 2.68. The van der Waals surface area contributed by atoms with Crippen molar-refractivity contribution in [3.05, 3.63) is 40.8 Å². The van der Waals surface area contributed by atoms with Crippen LogP contribution in [0.15, 0.2) is 33.9 Å². The number of nitrogens with two attached hydrogens (primary N) is 1. The molecule has 2 heterocycles. The van der Waals surface area contributed by atoms with E-state index in [1.165, 1.54) is 6.33 Å². The highest BCUT2D eigenvalue weighted by atomic mass is 16.3. The van der Waals surface area contributed by atoms with Gasteiger partial charge >= 0.3 is 0 Å². The van der Waals surface area contributed by atoms with Crippen molar-refractivity contribution in [2.45, 2.75) is 25.8 Å². The molecule has 0 fully saturated rings. The van der Waals surface area contributed by atoms with Crippen LogP contribution in [0.2, 0.25) is 0 Å². The van der Waals surface area contributed by atoms with Gasteiger partial charge in [0.2, 0.25) is 0 Å². The van der Waals surface area contributed by atoms with Crippen LogP contribution in [0, 0.1) is 0 Å². The number of anilines is 2. The summed E-state index contributed by atoms with van der Waals surface area (Å²) in [6.45, 7) is 2.01. The molecule has 0 radical (unpaired) electrons. The van der Waals surface area contributed by atoms with Crippen LogP contribution in [0.1, 0.15) is 19.1 Å². The van der Waals surface area contributed by atoms with Crippen molar-refractivity contribution < 1.29 is 4.42 Å². The molecule has 96 valence electrons. The molecule has 0 saturated carbocycles. The minimum absolute atomic E-state index is 0.113. The fourth-order valence-corrected chi connectivity index (χ4v) is 1.64. The molecule has 2 aromatic rings. The van der Waals surface area contributed by atoms with Gasteiger partial charge in [0.15, 0.2) is 5.82 Å². The number of aromatic nitrogens is 2. The lowest BCUT2D eigenvalue weighted by molar-refractivity contribution is 0.495. The Balaban J connectivity index is 1.93. The minimum atomic E-state index is -0.328. The van der Waals surface area contributed by atoms with Crippen LogP contribution >= 0.6 is 0 Å². The Labute approximate surface area is 104 Å². The lowest BCUT2D eigenvalue weighted by Crippen LogP contribution is -2.22. The van der Waals surface area contributed by atoms with Crippen molar-refractivity contribution in [2.24, 2.45) is 0 Å². The molecule has 18 heavy (non-hydrogen) atoms. The Bertz CT molecular complexity index is 547. The first-order valence-electron chi connectivity index (χ1n) is 5.79.